The molecule has 3 nitrogen and oxygen atoms in total. The lowest BCUT2D eigenvalue weighted by Crippen LogP contribution is -2.31. The first kappa shape index (κ1) is 10.7. The number of aliphatic hydroxyl groups is 1. The third-order valence-corrected chi connectivity index (χ3v) is 2.34. The molecule has 1 rings (SSSR count). The third-order valence-electron chi connectivity index (χ3n) is 2.34. The van der Waals surface area contributed by atoms with Gasteiger partial charge in [0.15, 0.2) is 5.60 Å². The van der Waals surface area contributed by atoms with Crippen molar-refractivity contribution in [1.29, 1.82) is 0 Å². The molecule has 1 atom stereocenters. The first-order valence-electron chi connectivity index (χ1n) is 4.53. The van der Waals surface area contributed by atoms with Gasteiger partial charge in [-0.15, -0.1) is 0 Å². The smallest absolute Gasteiger partial charge is 0.340 e. The van der Waals surface area contributed by atoms with E-state index in [4.69, 9.17) is 5.11 Å². The van der Waals surface area contributed by atoms with Crippen LogP contribution in [-0.4, -0.2) is 16.2 Å². The summed E-state index contributed by atoms with van der Waals surface area (Å²) in [6.07, 6.45) is 0.898. The van der Waals surface area contributed by atoms with Crippen LogP contribution in [0, 0.1) is 0 Å². The van der Waals surface area contributed by atoms with Crippen LogP contribution in [0.4, 0.5) is 0 Å². The first-order chi connectivity index (χ1) is 6.48. The van der Waals surface area contributed by atoms with E-state index in [1.165, 1.54) is 6.92 Å². The van der Waals surface area contributed by atoms with Gasteiger partial charge in [0.2, 0.25) is 0 Å². The molecule has 0 radical (unpaired) electrons. The summed E-state index contributed by atoms with van der Waals surface area (Å²) < 4.78 is 0. The number of carbonyl (C=O) groups is 1. The molecule has 0 heterocycles. The molecule has 0 amide bonds. The molecule has 0 saturated heterocycles. The number of rotatable bonds is 3. The summed E-state index contributed by atoms with van der Waals surface area (Å²) in [4.78, 5) is 10.7. The van der Waals surface area contributed by atoms with Gasteiger partial charge in [-0.2, -0.15) is 0 Å². The predicted octanol–water partition coefficient (Wildman–Crippen LogP) is 1.54. The Morgan fingerprint density at radius 1 is 1.36 bits per heavy atom. The van der Waals surface area contributed by atoms with Gasteiger partial charge < -0.3 is 10.2 Å². The van der Waals surface area contributed by atoms with Crippen LogP contribution >= 0.6 is 0 Å². The van der Waals surface area contributed by atoms with Crippen LogP contribution in [0.5, 0.6) is 0 Å². The maximum atomic E-state index is 10.7. The number of hydrogen-bond donors (Lipinski definition) is 2. The topological polar surface area (TPSA) is 57.5 Å². The molecule has 0 aliphatic heterocycles. The molecule has 3 heteroatoms. The highest BCUT2D eigenvalue weighted by Gasteiger charge is 2.31. The van der Waals surface area contributed by atoms with E-state index in [1.807, 2.05) is 19.1 Å². The lowest BCUT2D eigenvalue weighted by molar-refractivity contribution is -0.157. The monoisotopic (exact) mass is 194 g/mol. The zero-order valence-electron chi connectivity index (χ0n) is 8.32. The van der Waals surface area contributed by atoms with Crippen LogP contribution in [-0.2, 0) is 16.8 Å². The molecule has 14 heavy (non-hydrogen) atoms. The van der Waals surface area contributed by atoms with Gasteiger partial charge >= 0.3 is 5.97 Å². The van der Waals surface area contributed by atoms with E-state index in [2.05, 4.69) is 0 Å². The summed E-state index contributed by atoms with van der Waals surface area (Å²) in [6.45, 7) is 3.29. The quantitative estimate of drug-likeness (QED) is 0.767. The number of carboxylic acid groups (broad SMARTS) is 1. The SMILES string of the molecule is CCc1ccc(C(C)(O)C(=O)O)cc1. The predicted molar refractivity (Wildman–Crippen MR) is 53.0 cm³/mol. The number of benzene rings is 1. The van der Waals surface area contributed by atoms with Gasteiger partial charge in [0.1, 0.15) is 0 Å². The minimum absolute atomic E-state index is 0.405. The van der Waals surface area contributed by atoms with Gasteiger partial charge in [-0.25, -0.2) is 4.79 Å². The molecule has 0 spiro atoms. The molecule has 0 bridgehead atoms. The lowest BCUT2D eigenvalue weighted by atomic mass is 9.95. The minimum Gasteiger partial charge on any atom is -0.479 e. The molecule has 1 aromatic rings. The molecular weight excluding hydrogens is 180 g/mol. The first-order valence-corrected chi connectivity index (χ1v) is 4.53. The van der Waals surface area contributed by atoms with E-state index in [1.54, 1.807) is 12.1 Å². The van der Waals surface area contributed by atoms with E-state index < -0.39 is 11.6 Å². The maximum Gasteiger partial charge on any atom is 0.340 e. The summed E-state index contributed by atoms with van der Waals surface area (Å²) in [5.41, 5.74) is -0.274. The Balaban J connectivity index is 3.02. The standard InChI is InChI=1S/C11H14O3/c1-3-8-4-6-9(7-5-8)11(2,14)10(12)13/h4-7,14H,3H2,1-2H3,(H,12,13). The fourth-order valence-electron chi connectivity index (χ4n) is 1.19. The molecule has 0 aliphatic rings. The molecular formula is C11H14O3. The van der Waals surface area contributed by atoms with Crippen LogP contribution in [0.25, 0.3) is 0 Å². The van der Waals surface area contributed by atoms with Crippen molar-refractivity contribution in [2.45, 2.75) is 25.9 Å². The van der Waals surface area contributed by atoms with Gasteiger partial charge in [-0.3, -0.25) is 0 Å². The highest BCUT2D eigenvalue weighted by molar-refractivity contribution is 5.78. The normalized spacial score (nSPS) is 14.8. The van der Waals surface area contributed by atoms with Crippen molar-refractivity contribution < 1.29 is 15.0 Å². The van der Waals surface area contributed by atoms with Gasteiger partial charge in [0.25, 0.3) is 0 Å². The second kappa shape index (κ2) is 3.80. The van der Waals surface area contributed by atoms with Gasteiger partial charge in [-0.05, 0) is 24.5 Å². The van der Waals surface area contributed by atoms with Crippen molar-refractivity contribution in [2.24, 2.45) is 0 Å². The van der Waals surface area contributed by atoms with Crippen LogP contribution in [0.15, 0.2) is 24.3 Å². The van der Waals surface area contributed by atoms with Crippen LogP contribution in [0.2, 0.25) is 0 Å². The van der Waals surface area contributed by atoms with Crippen molar-refractivity contribution >= 4 is 5.97 Å². The number of carboxylic acids is 1. The Morgan fingerprint density at radius 3 is 2.21 bits per heavy atom. The van der Waals surface area contributed by atoms with Gasteiger partial charge in [-0.1, -0.05) is 31.2 Å². The minimum atomic E-state index is -1.80. The average Bonchev–Trinajstić information content (AvgIpc) is 2.17. The van der Waals surface area contributed by atoms with Gasteiger partial charge in [0, 0.05) is 0 Å². The largest absolute Gasteiger partial charge is 0.479 e. The number of hydrogen-bond acceptors (Lipinski definition) is 2. The Hall–Kier alpha value is -1.35. The van der Waals surface area contributed by atoms with Crippen molar-refractivity contribution in [3.63, 3.8) is 0 Å². The molecule has 1 aromatic carbocycles. The molecule has 0 fully saturated rings. The molecule has 0 aliphatic carbocycles. The Morgan fingerprint density at radius 2 is 1.86 bits per heavy atom. The average molecular weight is 194 g/mol. The second-order valence-electron chi connectivity index (χ2n) is 3.43. The fourth-order valence-corrected chi connectivity index (χ4v) is 1.19. The highest BCUT2D eigenvalue weighted by Crippen LogP contribution is 2.21. The number of aryl methyl sites for hydroxylation is 1. The van der Waals surface area contributed by atoms with Crippen molar-refractivity contribution in [3.05, 3.63) is 35.4 Å². The van der Waals surface area contributed by atoms with E-state index in [0.29, 0.717) is 5.56 Å². The fraction of sp³-hybridized carbons (Fsp3) is 0.364. The Labute approximate surface area is 83.0 Å². The molecule has 2 N–H and O–H groups in total. The molecule has 0 aromatic heterocycles. The summed E-state index contributed by atoms with van der Waals surface area (Å²) in [5.74, 6) is -1.23. The summed E-state index contributed by atoms with van der Waals surface area (Å²) >= 11 is 0. The summed E-state index contributed by atoms with van der Waals surface area (Å²) in [6, 6.07) is 6.94. The zero-order chi connectivity index (χ0) is 10.8. The van der Waals surface area contributed by atoms with E-state index in [9.17, 15) is 9.90 Å². The zero-order valence-corrected chi connectivity index (χ0v) is 8.32. The van der Waals surface area contributed by atoms with E-state index >= 15 is 0 Å². The Kier molecular flexibility index (Phi) is 2.91. The number of aliphatic carboxylic acids is 1. The van der Waals surface area contributed by atoms with Crippen LogP contribution in [0.1, 0.15) is 25.0 Å². The lowest BCUT2D eigenvalue weighted by Gasteiger charge is -2.18. The summed E-state index contributed by atoms with van der Waals surface area (Å²) in [5, 5.41) is 18.4. The van der Waals surface area contributed by atoms with E-state index in [-0.39, 0.29) is 0 Å². The van der Waals surface area contributed by atoms with Crippen LogP contribution < -0.4 is 0 Å². The van der Waals surface area contributed by atoms with Crippen LogP contribution in [0.3, 0.4) is 0 Å². The molecule has 0 saturated carbocycles. The van der Waals surface area contributed by atoms with Gasteiger partial charge in [0.05, 0.1) is 0 Å². The van der Waals surface area contributed by atoms with Crippen molar-refractivity contribution in [2.75, 3.05) is 0 Å². The Bertz CT molecular complexity index is 325. The maximum absolute atomic E-state index is 10.7. The third kappa shape index (κ3) is 1.93. The van der Waals surface area contributed by atoms with Crippen molar-refractivity contribution in [1.82, 2.24) is 0 Å². The summed E-state index contributed by atoms with van der Waals surface area (Å²) in [7, 11) is 0. The highest BCUT2D eigenvalue weighted by atomic mass is 16.4. The molecule has 1 unspecified atom stereocenters. The second-order valence-corrected chi connectivity index (χ2v) is 3.43. The molecule has 76 valence electrons. The van der Waals surface area contributed by atoms with Crippen molar-refractivity contribution in [3.8, 4) is 0 Å². The van der Waals surface area contributed by atoms with E-state index in [0.717, 1.165) is 12.0 Å².